The Balaban J connectivity index is 1.85. The van der Waals surface area contributed by atoms with Crippen molar-refractivity contribution in [3.8, 4) is 0 Å². The molecule has 2 unspecified atom stereocenters. The smallest absolute Gasteiger partial charge is 0.156 e. The highest BCUT2D eigenvalue weighted by atomic mass is 32.2. The number of allylic oxidation sites excluding steroid dienone is 2. The van der Waals surface area contributed by atoms with Crippen molar-refractivity contribution in [3.05, 3.63) is 11.0 Å². The van der Waals surface area contributed by atoms with Crippen LogP contribution in [0.1, 0.15) is 45.4 Å². The minimum atomic E-state index is 0.330. The number of carbonyl (C=O) groups excluding carboxylic acids is 1. The van der Waals surface area contributed by atoms with Crippen LogP contribution in [0, 0.1) is 5.92 Å². The van der Waals surface area contributed by atoms with Gasteiger partial charge in [-0.1, -0.05) is 19.8 Å². The van der Waals surface area contributed by atoms with Gasteiger partial charge in [-0.15, -0.1) is 11.8 Å². The van der Waals surface area contributed by atoms with Crippen LogP contribution in [-0.4, -0.2) is 11.0 Å². The van der Waals surface area contributed by atoms with Crippen LogP contribution in [-0.2, 0) is 4.79 Å². The Hall–Kier alpha value is -0.240. The van der Waals surface area contributed by atoms with Crippen LogP contribution >= 0.6 is 11.8 Å². The Labute approximate surface area is 90.3 Å². The second-order valence-electron chi connectivity index (χ2n) is 4.59. The molecule has 2 heteroatoms. The van der Waals surface area contributed by atoms with Crippen molar-refractivity contribution in [2.75, 3.05) is 0 Å². The zero-order chi connectivity index (χ0) is 9.97. The number of carbonyl (C=O) groups is 1. The van der Waals surface area contributed by atoms with E-state index in [0.29, 0.717) is 5.78 Å². The molecule has 2 rings (SSSR count). The maximum Gasteiger partial charge on any atom is 0.156 e. The van der Waals surface area contributed by atoms with Gasteiger partial charge in [-0.2, -0.15) is 0 Å². The lowest BCUT2D eigenvalue weighted by molar-refractivity contribution is -0.114. The summed E-state index contributed by atoms with van der Waals surface area (Å²) in [6, 6.07) is 0. The molecule has 0 aromatic carbocycles. The maximum atomic E-state index is 11.1. The quantitative estimate of drug-likeness (QED) is 0.693. The fraction of sp³-hybridized carbons (Fsp3) is 0.750. The van der Waals surface area contributed by atoms with Gasteiger partial charge in [-0.3, -0.25) is 4.79 Å². The molecule has 0 aliphatic heterocycles. The number of thioether (sulfide) groups is 1. The summed E-state index contributed by atoms with van der Waals surface area (Å²) in [7, 11) is 0. The lowest BCUT2D eigenvalue weighted by Gasteiger charge is -2.26. The predicted molar refractivity (Wildman–Crippen MR) is 61.3 cm³/mol. The lowest BCUT2D eigenvalue weighted by Crippen LogP contribution is -2.14. The molecule has 0 aromatic heterocycles. The van der Waals surface area contributed by atoms with E-state index in [-0.39, 0.29) is 0 Å². The third-order valence-electron chi connectivity index (χ3n) is 3.15. The van der Waals surface area contributed by atoms with Gasteiger partial charge >= 0.3 is 0 Å². The van der Waals surface area contributed by atoms with E-state index in [9.17, 15) is 4.79 Å². The molecule has 1 fully saturated rings. The Bertz CT molecular complexity index is 257. The van der Waals surface area contributed by atoms with Crippen LogP contribution in [0.2, 0.25) is 0 Å². The van der Waals surface area contributed by atoms with Gasteiger partial charge in [0.2, 0.25) is 0 Å². The van der Waals surface area contributed by atoms with Crippen molar-refractivity contribution >= 4 is 17.5 Å². The van der Waals surface area contributed by atoms with E-state index in [1.165, 1.54) is 30.6 Å². The molecule has 14 heavy (non-hydrogen) atoms. The second kappa shape index (κ2) is 4.52. The van der Waals surface area contributed by atoms with Crippen LogP contribution in [0.15, 0.2) is 11.0 Å². The lowest BCUT2D eigenvalue weighted by atomic mass is 9.91. The van der Waals surface area contributed by atoms with Crippen molar-refractivity contribution in [2.45, 2.75) is 50.7 Å². The van der Waals surface area contributed by atoms with E-state index in [2.05, 4.69) is 6.92 Å². The summed E-state index contributed by atoms with van der Waals surface area (Å²) in [6.45, 7) is 2.35. The summed E-state index contributed by atoms with van der Waals surface area (Å²) in [5.41, 5.74) is 0. The van der Waals surface area contributed by atoms with Gasteiger partial charge in [0, 0.05) is 11.7 Å². The number of ketones is 1. The monoisotopic (exact) mass is 210 g/mol. The molecule has 0 aromatic rings. The Morgan fingerprint density at radius 2 is 2.21 bits per heavy atom. The second-order valence-corrected chi connectivity index (χ2v) is 6.02. The molecule has 0 N–H and O–H groups in total. The van der Waals surface area contributed by atoms with Crippen molar-refractivity contribution in [2.24, 2.45) is 5.92 Å². The molecule has 1 nitrogen and oxygen atoms in total. The predicted octanol–water partition coefficient (Wildman–Crippen LogP) is 3.55. The topological polar surface area (TPSA) is 17.1 Å². The van der Waals surface area contributed by atoms with Crippen LogP contribution in [0.25, 0.3) is 0 Å². The van der Waals surface area contributed by atoms with E-state index in [4.69, 9.17) is 0 Å². The SMILES string of the molecule is CC1CCCC(SC2=CC(=O)CC2)C1. The van der Waals surface area contributed by atoms with Crippen LogP contribution in [0.3, 0.4) is 0 Å². The molecule has 2 atom stereocenters. The molecular weight excluding hydrogens is 192 g/mol. The van der Waals surface area contributed by atoms with Gasteiger partial charge < -0.3 is 0 Å². The summed E-state index contributed by atoms with van der Waals surface area (Å²) in [4.78, 5) is 12.4. The van der Waals surface area contributed by atoms with E-state index in [0.717, 1.165) is 24.0 Å². The first-order chi connectivity index (χ1) is 6.74. The summed E-state index contributed by atoms with van der Waals surface area (Å²) in [5.74, 6) is 1.22. The first-order valence-electron chi connectivity index (χ1n) is 5.64. The number of hydrogen-bond acceptors (Lipinski definition) is 2. The molecule has 78 valence electrons. The summed E-state index contributed by atoms with van der Waals surface area (Å²) in [5, 5.41) is 0.788. The highest BCUT2D eigenvalue weighted by Gasteiger charge is 2.22. The van der Waals surface area contributed by atoms with Gasteiger partial charge in [0.1, 0.15) is 0 Å². The average Bonchev–Trinajstić information content (AvgIpc) is 2.51. The average molecular weight is 210 g/mol. The Kier molecular flexibility index (Phi) is 3.32. The highest BCUT2D eigenvalue weighted by Crippen LogP contribution is 2.38. The van der Waals surface area contributed by atoms with Crippen molar-refractivity contribution in [3.63, 3.8) is 0 Å². The largest absolute Gasteiger partial charge is 0.295 e. The fourth-order valence-corrected chi connectivity index (χ4v) is 3.92. The first-order valence-corrected chi connectivity index (χ1v) is 6.52. The molecular formula is C12H18OS. The zero-order valence-electron chi connectivity index (χ0n) is 8.79. The summed E-state index contributed by atoms with van der Waals surface area (Å²) < 4.78 is 0. The van der Waals surface area contributed by atoms with Crippen molar-refractivity contribution in [1.29, 1.82) is 0 Å². The van der Waals surface area contributed by atoms with Gasteiger partial charge in [-0.05, 0) is 36.2 Å². The van der Waals surface area contributed by atoms with E-state index in [1.54, 1.807) is 0 Å². The van der Waals surface area contributed by atoms with Gasteiger partial charge in [0.05, 0.1) is 0 Å². The molecule has 0 bridgehead atoms. The van der Waals surface area contributed by atoms with Gasteiger partial charge in [-0.25, -0.2) is 0 Å². The van der Waals surface area contributed by atoms with E-state index in [1.807, 2.05) is 17.8 Å². The molecule has 1 saturated carbocycles. The molecule has 0 spiro atoms. The third-order valence-corrected chi connectivity index (χ3v) is 4.53. The Morgan fingerprint density at radius 3 is 2.86 bits per heavy atom. The van der Waals surface area contributed by atoms with Crippen LogP contribution in [0.4, 0.5) is 0 Å². The first kappa shape index (κ1) is 10.3. The van der Waals surface area contributed by atoms with E-state index < -0.39 is 0 Å². The standard InChI is InChI=1S/C12H18OS/c1-9-3-2-4-11(7-9)14-12-6-5-10(13)8-12/h8-9,11H,2-7H2,1H3. The Morgan fingerprint density at radius 1 is 1.36 bits per heavy atom. The van der Waals surface area contributed by atoms with Crippen LogP contribution < -0.4 is 0 Å². The minimum absolute atomic E-state index is 0.330. The molecule has 0 saturated heterocycles. The van der Waals surface area contributed by atoms with Crippen LogP contribution in [0.5, 0.6) is 0 Å². The summed E-state index contributed by atoms with van der Waals surface area (Å²) in [6.07, 6.45) is 9.09. The summed E-state index contributed by atoms with van der Waals surface area (Å²) >= 11 is 1.98. The molecule has 0 heterocycles. The molecule has 0 radical (unpaired) electrons. The maximum absolute atomic E-state index is 11.1. The van der Waals surface area contributed by atoms with Gasteiger partial charge in [0.25, 0.3) is 0 Å². The normalized spacial score (nSPS) is 33.2. The highest BCUT2D eigenvalue weighted by molar-refractivity contribution is 8.03. The van der Waals surface area contributed by atoms with E-state index >= 15 is 0 Å². The van der Waals surface area contributed by atoms with Crippen molar-refractivity contribution in [1.82, 2.24) is 0 Å². The zero-order valence-corrected chi connectivity index (χ0v) is 9.61. The third kappa shape index (κ3) is 2.63. The molecule has 0 amide bonds. The number of hydrogen-bond donors (Lipinski definition) is 0. The van der Waals surface area contributed by atoms with Gasteiger partial charge in [0.15, 0.2) is 5.78 Å². The molecule has 2 aliphatic carbocycles. The number of rotatable bonds is 2. The molecule has 2 aliphatic rings. The minimum Gasteiger partial charge on any atom is -0.295 e. The van der Waals surface area contributed by atoms with Crippen molar-refractivity contribution < 1.29 is 4.79 Å². The fourth-order valence-electron chi connectivity index (χ4n) is 2.36.